The third-order valence-electron chi connectivity index (χ3n) is 1.62. The van der Waals surface area contributed by atoms with Crippen LogP contribution in [-0.2, 0) is 9.53 Å². The second-order valence-electron chi connectivity index (χ2n) is 2.78. The predicted octanol–water partition coefficient (Wildman–Crippen LogP) is 2.85. The molecule has 0 aliphatic heterocycles. The fourth-order valence-electron chi connectivity index (χ4n) is 0.823. The third kappa shape index (κ3) is 8.86. The summed E-state index contributed by atoms with van der Waals surface area (Å²) in [6, 6.07) is 0. The lowest BCUT2D eigenvalue weighted by Gasteiger charge is -1.90. The van der Waals surface area contributed by atoms with E-state index in [1.54, 1.807) is 6.08 Å². The molecule has 0 aromatic rings. The molecule has 0 atom stereocenters. The average Bonchev–Trinajstić information content (AvgIpc) is 2.16. The minimum absolute atomic E-state index is 0.196. The molecule has 2 nitrogen and oxygen atoms in total. The molecule has 0 N–H and O–H groups in total. The van der Waals surface area contributed by atoms with Crippen LogP contribution in [0.5, 0.6) is 0 Å². The zero-order valence-corrected chi connectivity index (χ0v) is 8.45. The van der Waals surface area contributed by atoms with Crippen molar-refractivity contribution in [2.24, 2.45) is 0 Å². The zero-order valence-electron chi connectivity index (χ0n) is 8.45. The molecule has 0 amide bonds. The van der Waals surface area contributed by atoms with Gasteiger partial charge in [0, 0.05) is 0 Å². The van der Waals surface area contributed by atoms with E-state index < -0.39 is 0 Å². The summed E-state index contributed by atoms with van der Waals surface area (Å²) >= 11 is 0. The lowest BCUT2D eigenvalue weighted by Crippen LogP contribution is -1.96. The first-order chi connectivity index (χ1) is 6.31. The maximum absolute atomic E-state index is 10.6. The summed E-state index contributed by atoms with van der Waals surface area (Å²) in [5.74, 6) is -0.196. The van der Waals surface area contributed by atoms with Crippen molar-refractivity contribution < 1.29 is 9.53 Å². The van der Waals surface area contributed by atoms with Crippen LogP contribution in [0.3, 0.4) is 0 Å². The van der Waals surface area contributed by atoms with E-state index >= 15 is 0 Å². The van der Waals surface area contributed by atoms with Gasteiger partial charge in [-0.05, 0) is 6.42 Å². The first-order valence-electron chi connectivity index (χ1n) is 4.69. The van der Waals surface area contributed by atoms with Gasteiger partial charge in [-0.25, -0.2) is 0 Å². The predicted molar refractivity (Wildman–Crippen MR) is 54.4 cm³/mol. The molecular formula is C11H18O2. The number of methoxy groups -OCH3 is 1. The molecule has 0 spiro atoms. The molecule has 0 rings (SSSR count). The maximum atomic E-state index is 10.6. The van der Waals surface area contributed by atoms with Crippen LogP contribution in [0, 0.1) is 0 Å². The monoisotopic (exact) mass is 182 g/mol. The van der Waals surface area contributed by atoms with Gasteiger partial charge in [0.15, 0.2) is 0 Å². The number of allylic oxidation sites excluding steroid dienone is 3. The number of carbonyl (C=O) groups is 1. The van der Waals surface area contributed by atoms with Crippen molar-refractivity contribution >= 4 is 5.97 Å². The van der Waals surface area contributed by atoms with Crippen LogP contribution >= 0.6 is 0 Å². The van der Waals surface area contributed by atoms with Crippen molar-refractivity contribution in [1.82, 2.24) is 0 Å². The van der Waals surface area contributed by atoms with E-state index in [0.29, 0.717) is 6.42 Å². The van der Waals surface area contributed by atoms with Gasteiger partial charge in [0.05, 0.1) is 13.5 Å². The van der Waals surface area contributed by atoms with E-state index in [-0.39, 0.29) is 5.97 Å². The molecule has 0 saturated heterocycles. The molecule has 0 bridgehead atoms. The molecule has 0 aromatic heterocycles. The van der Waals surface area contributed by atoms with Crippen LogP contribution in [0.1, 0.15) is 32.6 Å². The molecule has 0 unspecified atom stereocenters. The van der Waals surface area contributed by atoms with E-state index in [4.69, 9.17) is 0 Å². The van der Waals surface area contributed by atoms with Crippen molar-refractivity contribution in [2.75, 3.05) is 7.11 Å². The minimum Gasteiger partial charge on any atom is -0.469 e. The summed E-state index contributed by atoms with van der Waals surface area (Å²) in [4.78, 5) is 10.6. The molecule has 0 saturated carbocycles. The van der Waals surface area contributed by atoms with Crippen molar-refractivity contribution in [3.05, 3.63) is 24.3 Å². The Morgan fingerprint density at radius 3 is 2.62 bits per heavy atom. The summed E-state index contributed by atoms with van der Waals surface area (Å²) < 4.78 is 4.48. The van der Waals surface area contributed by atoms with Gasteiger partial charge in [-0.3, -0.25) is 4.79 Å². The maximum Gasteiger partial charge on any atom is 0.309 e. The fourth-order valence-corrected chi connectivity index (χ4v) is 0.823. The van der Waals surface area contributed by atoms with Gasteiger partial charge in [-0.2, -0.15) is 0 Å². The smallest absolute Gasteiger partial charge is 0.309 e. The highest BCUT2D eigenvalue weighted by molar-refractivity contribution is 5.70. The Morgan fingerprint density at radius 1 is 1.31 bits per heavy atom. The second-order valence-corrected chi connectivity index (χ2v) is 2.78. The van der Waals surface area contributed by atoms with Gasteiger partial charge >= 0.3 is 5.97 Å². The summed E-state index contributed by atoms with van der Waals surface area (Å²) in [5, 5.41) is 0. The molecule has 0 radical (unpaired) electrons. The Labute approximate surface area is 80.3 Å². The first kappa shape index (κ1) is 11.9. The Hall–Kier alpha value is -1.05. The Morgan fingerprint density at radius 2 is 2.00 bits per heavy atom. The van der Waals surface area contributed by atoms with Gasteiger partial charge < -0.3 is 4.74 Å². The molecule has 13 heavy (non-hydrogen) atoms. The van der Waals surface area contributed by atoms with Gasteiger partial charge in [0.1, 0.15) is 0 Å². The summed E-state index contributed by atoms with van der Waals surface area (Å²) in [6.45, 7) is 2.17. The number of esters is 1. The van der Waals surface area contributed by atoms with E-state index in [1.165, 1.54) is 20.0 Å². The Kier molecular flexibility index (Phi) is 8.31. The van der Waals surface area contributed by atoms with E-state index in [1.807, 2.05) is 12.2 Å². The normalized spacial score (nSPS) is 11.2. The quantitative estimate of drug-likeness (QED) is 0.358. The van der Waals surface area contributed by atoms with Crippen molar-refractivity contribution in [1.29, 1.82) is 0 Å². The number of rotatable bonds is 6. The van der Waals surface area contributed by atoms with Crippen LogP contribution in [0.4, 0.5) is 0 Å². The Balaban J connectivity index is 3.40. The number of hydrogen-bond acceptors (Lipinski definition) is 2. The molecule has 2 heteroatoms. The topological polar surface area (TPSA) is 26.3 Å². The standard InChI is InChI=1S/C11H18O2/c1-3-4-5-6-7-8-9-10-11(12)13-2/h6-9H,3-5,10H2,1-2H3/b7-6+,9-8+. The van der Waals surface area contributed by atoms with Crippen molar-refractivity contribution in [3.8, 4) is 0 Å². The van der Waals surface area contributed by atoms with E-state index in [0.717, 1.165) is 6.42 Å². The second kappa shape index (κ2) is 9.04. The van der Waals surface area contributed by atoms with Crippen LogP contribution in [0.2, 0.25) is 0 Å². The molecular weight excluding hydrogens is 164 g/mol. The number of carbonyl (C=O) groups excluding carboxylic acids is 1. The number of ether oxygens (including phenoxy) is 1. The SMILES string of the molecule is CCCC/C=C/C=C/CC(=O)OC. The fraction of sp³-hybridized carbons (Fsp3) is 0.545. The van der Waals surface area contributed by atoms with Crippen molar-refractivity contribution in [3.63, 3.8) is 0 Å². The Bertz CT molecular complexity index is 181. The van der Waals surface area contributed by atoms with Crippen LogP contribution in [0.25, 0.3) is 0 Å². The first-order valence-corrected chi connectivity index (χ1v) is 4.69. The highest BCUT2D eigenvalue weighted by Crippen LogP contribution is 1.95. The molecule has 74 valence electrons. The van der Waals surface area contributed by atoms with E-state index in [9.17, 15) is 4.79 Å². The molecule has 0 aliphatic rings. The summed E-state index contributed by atoms with van der Waals surface area (Å²) in [5.41, 5.74) is 0. The largest absolute Gasteiger partial charge is 0.469 e. The van der Waals surface area contributed by atoms with E-state index in [2.05, 4.69) is 17.7 Å². The van der Waals surface area contributed by atoms with Gasteiger partial charge in [-0.15, -0.1) is 0 Å². The van der Waals surface area contributed by atoms with Gasteiger partial charge in [-0.1, -0.05) is 44.1 Å². The van der Waals surface area contributed by atoms with Gasteiger partial charge in [0.2, 0.25) is 0 Å². The molecule has 0 fully saturated rings. The molecule has 0 aliphatic carbocycles. The highest BCUT2D eigenvalue weighted by Gasteiger charge is 1.91. The summed E-state index contributed by atoms with van der Waals surface area (Å²) in [6.07, 6.45) is 11.7. The van der Waals surface area contributed by atoms with Gasteiger partial charge in [0.25, 0.3) is 0 Å². The van der Waals surface area contributed by atoms with Crippen LogP contribution in [-0.4, -0.2) is 13.1 Å². The molecule has 0 heterocycles. The lowest BCUT2D eigenvalue weighted by molar-refractivity contribution is -0.139. The van der Waals surface area contributed by atoms with Crippen LogP contribution in [0.15, 0.2) is 24.3 Å². The summed E-state index contributed by atoms with van der Waals surface area (Å²) in [7, 11) is 1.40. The number of hydrogen-bond donors (Lipinski definition) is 0. The zero-order chi connectivity index (χ0) is 9.94. The third-order valence-corrected chi connectivity index (χ3v) is 1.62. The average molecular weight is 182 g/mol. The number of unbranched alkanes of at least 4 members (excludes halogenated alkanes) is 2. The molecule has 0 aromatic carbocycles. The van der Waals surface area contributed by atoms with Crippen LogP contribution < -0.4 is 0 Å². The minimum atomic E-state index is -0.196. The van der Waals surface area contributed by atoms with Crippen molar-refractivity contribution in [2.45, 2.75) is 32.6 Å². The highest BCUT2D eigenvalue weighted by atomic mass is 16.5. The lowest BCUT2D eigenvalue weighted by atomic mass is 10.2.